The van der Waals surface area contributed by atoms with Gasteiger partial charge in [0, 0.05) is 6.42 Å². The third kappa shape index (κ3) is 1.05. The van der Waals surface area contributed by atoms with E-state index in [0.29, 0.717) is 5.41 Å². The van der Waals surface area contributed by atoms with Crippen LogP contribution in [0, 0.1) is 29.1 Å². The molecule has 0 aromatic rings. The molecule has 4 atom stereocenters. The smallest absolute Gasteiger partial charge is 0.159 e. The summed E-state index contributed by atoms with van der Waals surface area (Å²) in [5.74, 6) is 4.10. The van der Waals surface area contributed by atoms with Gasteiger partial charge >= 0.3 is 0 Å². The van der Waals surface area contributed by atoms with Crippen molar-refractivity contribution in [1.29, 1.82) is 0 Å². The molecule has 0 radical (unpaired) electrons. The van der Waals surface area contributed by atoms with E-state index in [9.17, 15) is 0 Å². The minimum Gasteiger partial charge on any atom is -0.236 e. The highest BCUT2D eigenvalue weighted by molar-refractivity contribution is 5.51. The number of fused-ring (bicyclic) bond motifs is 1. The Balaban J connectivity index is 1.75. The van der Waals surface area contributed by atoms with Crippen molar-refractivity contribution < 1.29 is 4.58 Å². The highest BCUT2D eigenvalue weighted by Crippen LogP contribution is 2.70. The quantitative estimate of drug-likeness (QED) is 0.629. The Morgan fingerprint density at radius 2 is 1.81 bits per heavy atom. The number of nitrogens with zero attached hydrogens (tertiary/aromatic N) is 1. The summed E-state index contributed by atoms with van der Waals surface area (Å²) in [4.78, 5) is 0. The molecule has 16 heavy (non-hydrogen) atoms. The van der Waals surface area contributed by atoms with Gasteiger partial charge in [-0.1, -0.05) is 20.8 Å². The molecule has 4 rings (SSSR count). The lowest BCUT2D eigenvalue weighted by atomic mass is 9.46. The largest absolute Gasteiger partial charge is 0.236 e. The summed E-state index contributed by atoms with van der Waals surface area (Å²) >= 11 is 0. The summed E-state index contributed by atoms with van der Waals surface area (Å²) in [6, 6.07) is 0.806. The predicted octanol–water partition coefficient (Wildman–Crippen LogP) is 3.18. The molecular weight excluding hydrogens is 194 g/mol. The van der Waals surface area contributed by atoms with Gasteiger partial charge in [0.25, 0.3) is 0 Å². The second-order valence-corrected chi connectivity index (χ2v) is 6.65. The minimum atomic E-state index is 0.705. The van der Waals surface area contributed by atoms with Crippen LogP contribution in [0.15, 0.2) is 0 Å². The standard InChI is InChI=1S/C15H26N/c1-5-8-16-9-14(11(16)3)15(4)12-6-7-13(15)10(12)2/h8,10-14H,5-7,9H2,1-4H3/q+1. The summed E-state index contributed by atoms with van der Waals surface area (Å²) < 4.78 is 2.57. The Hall–Kier alpha value is -0.330. The van der Waals surface area contributed by atoms with Crippen molar-refractivity contribution in [2.75, 3.05) is 6.54 Å². The van der Waals surface area contributed by atoms with Crippen molar-refractivity contribution in [3.8, 4) is 0 Å². The van der Waals surface area contributed by atoms with Crippen LogP contribution in [0.3, 0.4) is 0 Å². The first kappa shape index (κ1) is 10.8. The van der Waals surface area contributed by atoms with Crippen LogP contribution < -0.4 is 0 Å². The van der Waals surface area contributed by atoms with E-state index in [4.69, 9.17) is 0 Å². The first-order valence-electron chi connectivity index (χ1n) is 7.19. The molecule has 1 nitrogen and oxygen atoms in total. The highest BCUT2D eigenvalue weighted by atomic mass is 15.1. The zero-order valence-electron chi connectivity index (χ0n) is 11.2. The van der Waals surface area contributed by atoms with Crippen molar-refractivity contribution in [2.45, 2.75) is 53.0 Å². The van der Waals surface area contributed by atoms with Crippen LogP contribution >= 0.6 is 0 Å². The lowest BCUT2D eigenvalue weighted by Gasteiger charge is -2.59. The van der Waals surface area contributed by atoms with E-state index in [0.717, 1.165) is 29.7 Å². The molecule has 3 saturated carbocycles. The normalized spacial score (nSPS) is 57.2. The molecule has 0 N–H and O–H groups in total. The van der Waals surface area contributed by atoms with Gasteiger partial charge in [-0.15, -0.1) is 0 Å². The summed E-state index contributed by atoms with van der Waals surface area (Å²) in [6.07, 6.45) is 6.62. The van der Waals surface area contributed by atoms with Crippen LogP contribution in [0.2, 0.25) is 0 Å². The third-order valence-electron chi connectivity index (χ3n) is 6.38. The maximum atomic E-state index is 2.60. The maximum Gasteiger partial charge on any atom is 0.159 e. The number of hydrogen-bond donors (Lipinski definition) is 0. The van der Waals surface area contributed by atoms with Crippen molar-refractivity contribution in [3.05, 3.63) is 0 Å². The third-order valence-corrected chi connectivity index (χ3v) is 6.38. The first-order chi connectivity index (χ1) is 7.60. The van der Waals surface area contributed by atoms with Gasteiger partial charge in [-0.05, 0) is 42.9 Å². The molecular formula is C15H26N+. The van der Waals surface area contributed by atoms with E-state index in [2.05, 4.69) is 38.5 Å². The van der Waals surface area contributed by atoms with E-state index in [1.54, 1.807) is 0 Å². The maximum absolute atomic E-state index is 2.60. The summed E-state index contributed by atoms with van der Waals surface area (Å²) in [7, 11) is 0. The van der Waals surface area contributed by atoms with Crippen LogP contribution in [0.1, 0.15) is 47.0 Å². The van der Waals surface area contributed by atoms with Gasteiger partial charge in [0.1, 0.15) is 6.21 Å². The molecule has 0 aromatic heterocycles. The topological polar surface area (TPSA) is 3.01 Å². The lowest BCUT2D eigenvalue weighted by Crippen LogP contribution is -2.64. The van der Waals surface area contributed by atoms with Crippen LogP contribution in [0.25, 0.3) is 0 Å². The van der Waals surface area contributed by atoms with Crippen molar-refractivity contribution in [3.63, 3.8) is 0 Å². The Kier molecular flexibility index (Phi) is 2.25. The minimum absolute atomic E-state index is 0.705. The molecule has 1 heterocycles. The van der Waals surface area contributed by atoms with Gasteiger partial charge < -0.3 is 0 Å². The fourth-order valence-corrected chi connectivity index (χ4v) is 5.46. The van der Waals surface area contributed by atoms with Crippen molar-refractivity contribution >= 4 is 6.21 Å². The van der Waals surface area contributed by atoms with Crippen LogP contribution in [0.4, 0.5) is 0 Å². The Labute approximate surface area is 99.9 Å². The molecule has 4 unspecified atom stereocenters. The molecule has 4 aliphatic rings. The lowest BCUT2D eigenvalue weighted by molar-refractivity contribution is -0.652. The first-order valence-corrected chi connectivity index (χ1v) is 7.19. The molecule has 1 saturated heterocycles. The highest BCUT2D eigenvalue weighted by Gasteiger charge is 2.68. The SMILES string of the molecule is CCC=[N+]1CC(C2(C)C3CCC2C3C)C1C. The van der Waals surface area contributed by atoms with Crippen LogP contribution in [-0.4, -0.2) is 23.4 Å². The Morgan fingerprint density at radius 3 is 2.25 bits per heavy atom. The van der Waals surface area contributed by atoms with Gasteiger partial charge in [0.2, 0.25) is 0 Å². The molecule has 0 amide bonds. The van der Waals surface area contributed by atoms with Crippen LogP contribution in [0.5, 0.6) is 0 Å². The number of rotatable bonds is 2. The summed E-state index contributed by atoms with van der Waals surface area (Å²) in [6.45, 7) is 11.1. The van der Waals surface area contributed by atoms with Gasteiger partial charge in [0.15, 0.2) is 12.6 Å². The van der Waals surface area contributed by atoms with E-state index >= 15 is 0 Å². The fraction of sp³-hybridized carbons (Fsp3) is 0.933. The van der Waals surface area contributed by atoms with Crippen molar-refractivity contribution in [2.24, 2.45) is 29.1 Å². The molecule has 1 heteroatoms. The van der Waals surface area contributed by atoms with Gasteiger partial charge in [-0.25, -0.2) is 4.58 Å². The van der Waals surface area contributed by atoms with Gasteiger partial charge in [-0.2, -0.15) is 0 Å². The van der Waals surface area contributed by atoms with E-state index in [-0.39, 0.29) is 0 Å². The molecule has 90 valence electrons. The van der Waals surface area contributed by atoms with Gasteiger partial charge in [0.05, 0.1) is 5.92 Å². The molecule has 4 fully saturated rings. The molecule has 1 aliphatic heterocycles. The Morgan fingerprint density at radius 1 is 1.19 bits per heavy atom. The van der Waals surface area contributed by atoms with E-state index in [1.807, 2.05) is 0 Å². The summed E-state index contributed by atoms with van der Waals surface area (Å²) in [5.41, 5.74) is 0.705. The second kappa shape index (κ2) is 3.34. The molecule has 0 aromatic carbocycles. The average Bonchev–Trinajstić information content (AvgIpc) is 2.82. The Bertz CT molecular complexity index is 318. The average molecular weight is 220 g/mol. The monoisotopic (exact) mass is 220 g/mol. The second-order valence-electron chi connectivity index (χ2n) is 6.65. The zero-order valence-corrected chi connectivity index (χ0v) is 11.2. The molecule has 3 aliphatic carbocycles. The van der Waals surface area contributed by atoms with Gasteiger partial charge in [-0.3, -0.25) is 0 Å². The molecule has 0 spiro atoms. The van der Waals surface area contributed by atoms with Crippen LogP contribution in [-0.2, 0) is 0 Å². The summed E-state index contributed by atoms with van der Waals surface area (Å²) in [5, 5.41) is 0. The zero-order chi connectivity index (χ0) is 11.5. The predicted molar refractivity (Wildman–Crippen MR) is 67.9 cm³/mol. The fourth-order valence-electron chi connectivity index (χ4n) is 5.46. The molecule has 2 bridgehead atoms. The van der Waals surface area contributed by atoms with E-state index < -0.39 is 0 Å². The number of hydrogen-bond acceptors (Lipinski definition) is 0. The van der Waals surface area contributed by atoms with Crippen molar-refractivity contribution in [1.82, 2.24) is 0 Å². The van der Waals surface area contributed by atoms with E-state index in [1.165, 1.54) is 25.8 Å².